The highest BCUT2D eigenvalue weighted by Gasteiger charge is 2.32. The first kappa shape index (κ1) is 13.4. The molecule has 1 fully saturated rings. The number of nitrogens with two attached hydrogens (primary N) is 1. The number of imide groups is 1. The van der Waals surface area contributed by atoms with E-state index in [0.717, 1.165) is 10.9 Å². The number of nitrogen functional groups attached to an aromatic ring is 1. The number of para-hydroxylation sites is 1. The summed E-state index contributed by atoms with van der Waals surface area (Å²) in [4.78, 5) is 29.1. The second-order valence-corrected chi connectivity index (χ2v) is 5.13. The molecule has 1 unspecified atom stereocenters. The second-order valence-electron chi connectivity index (χ2n) is 5.13. The van der Waals surface area contributed by atoms with Gasteiger partial charge >= 0.3 is 0 Å². The van der Waals surface area contributed by atoms with Crippen molar-refractivity contribution in [1.29, 1.82) is 0 Å². The number of carbonyl (C=O) groups excluding carboxylic acids is 2. The molecular formula is C15H16N4O2. The molecule has 0 aliphatic carbocycles. The van der Waals surface area contributed by atoms with Gasteiger partial charge in [-0.1, -0.05) is 18.2 Å². The molecule has 1 aromatic carbocycles. The Morgan fingerprint density at radius 1 is 1.33 bits per heavy atom. The number of rotatable bonds is 2. The standard InChI is InChI=1S/C15H16N4O2/c1-19-13(20)7-6-12(15(19)21)18-14-9-4-2-3-5-11(9)17-8-10(14)16/h2-5,8,12H,6-7,16H2,1H3,(H,17,18). The van der Waals surface area contributed by atoms with E-state index < -0.39 is 6.04 Å². The zero-order valence-electron chi connectivity index (χ0n) is 11.7. The van der Waals surface area contributed by atoms with Crippen LogP contribution in [0.15, 0.2) is 30.5 Å². The number of hydrogen-bond acceptors (Lipinski definition) is 5. The van der Waals surface area contributed by atoms with Crippen molar-refractivity contribution in [3.05, 3.63) is 30.5 Å². The number of likely N-dealkylation sites (N-methyl/N-ethyl adjacent to an activating group) is 1. The van der Waals surface area contributed by atoms with Crippen molar-refractivity contribution < 1.29 is 9.59 Å². The monoisotopic (exact) mass is 284 g/mol. The fourth-order valence-corrected chi connectivity index (χ4v) is 2.54. The zero-order chi connectivity index (χ0) is 15.0. The molecule has 2 heterocycles. The molecule has 1 atom stereocenters. The van der Waals surface area contributed by atoms with Crippen molar-refractivity contribution in [3.8, 4) is 0 Å². The molecule has 3 rings (SSSR count). The smallest absolute Gasteiger partial charge is 0.251 e. The van der Waals surface area contributed by atoms with E-state index in [0.29, 0.717) is 24.2 Å². The van der Waals surface area contributed by atoms with E-state index in [2.05, 4.69) is 10.3 Å². The highest BCUT2D eigenvalue weighted by atomic mass is 16.2. The van der Waals surface area contributed by atoms with Crippen LogP contribution >= 0.6 is 0 Å². The number of carbonyl (C=O) groups is 2. The molecular weight excluding hydrogens is 268 g/mol. The number of benzene rings is 1. The predicted molar refractivity (Wildman–Crippen MR) is 80.6 cm³/mol. The molecule has 1 aliphatic heterocycles. The van der Waals surface area contributed by atoms with Crippen molar-refractivity contribution in [3.63, 3.8) is 0 Å². The summed E-state index contributed by atoms with van der Waals surface area (Å²) in [7, 11) is 1.51. The molecule has 1 aromatic heterocycles. The number of aromatic nitrogens is 1. The van der Waals surface area contributed by atoms with E-state index in [1.54, 1.807) is 6.20 Å². The highest BCUT2D eigenvalue weighted by molar-refractivity contribution is 6.03. The van der Waals surface area contributed by atoms with Gasteiger partial charge in [0, 0.05) is 18.9 Å². The number of pyridine rings is 1. The Balaban J connectivity index is 1.97. The lowest BCUT2D eigenvalue weighted by Gasteiger charge is -2.29. The summed E-state index contributed by atoms with van der Waals surface area (Å²) in [6.45, 7) is 0. The minimum absolute atomic E-state index is 0.148. The highest BCUT2D eigenvalue weighted by Crippen LogP contribution is 2.29. The summed E-state index contributed by atoms with van der Waals surface area (Å²) in [5.41, 5.74) is 7.98. The quantitative estimate of drug-likeness (QED) is 0.813. The van der Waals surface area contributed by atoms with Gasteiger partial charge in [0.05, 0.1) is 23.1 Å². The SMILES string of the molecule is CN1C(=O)CCC(Nc2c(N)cnc3ccccc23)C1=O. The molecule has 1 aliphatic rings. The second kappa shape index (κ2) is 5.05. The van der Waals surface area contributed by atoms with E-state index in [-0.39, 0.29) is 11.8 Å². The van der Waals surface area contributed by atoms with Gasteiger partial charge in [-0.15, -0.1) is 0 Å². The van der Waals surface area contributed by atoms with E-state index >= 15 is 0 Å². The van der Waals surface area contributed by atoms with Gasteiger partial charge in [-0.2, -0.15) is 0 Å². The first-order valence-electron chi connectivity index (χ1n) is 6.78. The average Bonchev–Trinajstić information content (AvgIpc) is 2.50. The Hall–Kier alpha value is -2.63. The molecule has 0 radical (unpaired) electrons. The molecule has 6 heteroatoms. The van der Waals surface area contributed by atoms with Crippen LogP contribution in [-0.2, 0) is 9.59 Å². The number of hydrogen-bond donors (Lipinski definition) is 2. The number of anilines is 2. The molecule has 0 spiro atoms. The van der Waals surface area contributed by atoms with Crippen molar-refractivity contribution >= 4 is 34.1 Å². The normalized spacial score (nSPS) is 19.1. The number of fused-ring (bicyclic) bond motifs is 1. The lowest BCUT2D eigenvalue weighted by Crippen LogP contribution is -2.48. The molecule has 0 saturated carbocycles. The first-order valence-corrected chi connectivity index (χ1v) is 6.78. The van der Waals surface area contributed by atoms with Crippen molar-refractivity contribution in [1.82, 2.24) is 9.88 Å². The molecule has 2 amide bonds. The van der Waals surface area contributed by atoms with Gasteiger partial charge in [-0.3, -0.25) is 19.5 Å². The molecule has 6 nitrogen and oxygen atoms in total. The Morgan fingerprint density at radius 3 is 2.90 bits per heavy atom. The number of likely N-dealkylation sites (tertiary alicyclic amines) is 1. The number of nitrogens with zero attached hydrogens (tertiary/aromatic N) is 2. The van der Waals surface area contributed by atoms with Gasteiger partial charge < -0.3 is 11.1 Å². The van der Waals surface area contributed by atoms with Crippen LogP contribution < -0.4 is 11.1 Å². The summed E-state index contributed by atoms with van der Waals surface area (Å²) in [6.07, 6.45) is 2.40. The maximum atomic E-state index is 12.2. The minimum Gasteiger partial charge on any atom is -0.396 e. The molecule has 21 heavy (non-hydrogen) atoms. The maximum absolute atomic E-state index is 12.2. The Labute approximate surface area is 121 Å². The summed E-state index contributed by atoms with van der Waals surface area (Å²) in [5.74, 6) is -0.378. The van der Waals surface area contributed by atoms with Crippen LogP contribution in [0.2, 0.25) is 0 Å². The molecule has 0 bridgehead atoms. The maximum Gasteiger partial charge on any atom is 0.251 e. The molecule has 2 aromatic rings. The fraction of sp³-hybridized carbons (Fsp3) is 0.267. The van der Waals surface area contributed by atoms with Crippen LogP contribution in [0.3, 0.4) is 0 Å². The lowest BCUT2D eigenvalue weighted by atomic mass is 10.0. The van der Waals surface area contributed by atoms with E-state index in [4.69, 9.17) is 5.73 Å². The van der Waals surface area contributed by atoms with Gasteiger partial charge in [0.1, 0.15) is 6.04 Å². The molecule has 3 N–H and O–H groups in total. The average molecular weight is 284 g/mol. The van der Waals surface area contributed by atoms with Crippen LogP contribution in [0.4, 0.5) is 11.4 Å². The van der Waals surface area contributed by atoms with E-state index in [1.165, 1.54) is 11.9 Å². The third-order valence-electron chi connectivity index (χ3n) is 3.77. The summed E-state index contributed by atoms with van der Waals surface area (Å²) in [5, 5.41) is 4.05. The first-order chi connectivity index (χ1) is 10.1. The fourth-order valence-electron chi connectivity index (χ4n) is 2.54. The Morgan fingerprint density at radius 2 is 2.10 bits per heavy atom. The third kappa shape index (κ3) is 2.29. The van der Waals surface area contributed by atoms with Crippen LogP contribution in [0.1, 0.15) is 12.8 Å². The lowest BCUT2D eigenvalue weighted by molar-refractivity contribution is -0.146. The Bertz CT molecular complexity index is 729. The van der Waals surface area contributed by atoms with Crippen molar-refractivity contribution in [2.45, 2.75) is 18.9 Å². The van der Waals surface area contributed by atoms with Crippen molar-refractivity contribution in [2.75, 3.05) is 18.1 Å². The van der Waals surface area contributed by atoms with Crippen LogP contribution in [0.25, 0.3) is 10.9 Å². The van der Waals surface area contributed by atoms with Gasteiger partial charge in [0.25, 0.3) is 5.91 Å². The van der Waals surface area contributed by atoms with Gasteiger partial charge in [-0.25, -0.2) is 0 Å². The van der Waals surface area contributed by atoms with Crippen LogP contribution in [-0.4, -0.2) is 34.8 Å². The molecule has 108 valence electrons. The summed E-state index contributed by atoms with van der Waals surface area (Å²) < 4.78 is 0. The van der Waals surface area contributed by atoms with E-state index in [9.17, 15) is 9.59 Å². The number of amides is 2. The zero-order valence-corrected chi connectivity index (χ0v) is 11.7. The topological polar surface area (TPSA) is 88.3 Å². The summed E-state index contributed by atoms with van der Waals surface area (Å²) in [6, 6.07) is 7.14. The van der Waals surface area contributed by atoms with E-state index in [1.807, 2.05) is 24.3 Å². The van der Waals surface area contributed by atoms with Gasteiger partial charge in [0.2, 0.25) is 5.91 Å². The predicted octanol–water partition coefficient (Wildman–Crippen LogP) is 1.38. The van der Waals surface area contributed by atoms with Gasteiger partial charge in [0.15, 0.2) is 0 Å². The van der Waals surface area contributed by atoms with Crippen molar-refractivity contribution in [2.24, 2.45) is 0 Å². The molecule has 1 saturated heterocycles. The summed E-state index contributed by atoms with van der Waals surface area (Å²) >= 11 is 0. The largest absolute Gasteiger partial charge is 0.396 e. The Kier molecular flexibility index (Phi) is 3.21. The number of nitrogens with one attached hydrogen (secondary N) is 1. The third-order valence-corrected chi connectivity index (χ3v) is 3.77. The number of piperidine rings is 1. The minimum atomic E-state index is -0.444. The van der Waals surface area contributed by atoms with Gasteiger partial charge in [-0.05, 0) is 12.5 Å². The van der Waals surface area contributed by atoms with Crippen LogP contribution in [0, 0.1) is 0 Å². The van der Waals surface area contributed by atoms with Crippen LogP contribution in [0.5, 0.6) is 0 Å².